The van der Waals surface area contributed by atoms with E-state index in [1.54, 1.807) is 0 Å². The fourth-order valence-electron chi connectivity index (χ4n) is 6.90. The maximum absolute atomic E-state index is 10.3. The van der Waals surface area contributed by atoms with Crippen molar-refractivity contribution >= 4 is 11.6 Å². The Balaban J connectivity index is 0.000000338. The first-order chi connectivity index (χ1) is 25.7. The molecule has 0 bridgehead atoms. The fourth-order valence-corrected chi connectivity index (χ4v) is 7.05. The lowest BCUT2D eigenvalue weighted by molar-refractivity contribution is 0.0167. The van der Waals surface area contributed by atoms with Gasteiger partial charge in [0.25, 0.3) is 0 Å². The largest absolute Gasteiger partial charge is 0.507 e. The van der Waals surface area contributed by atoms with E-state index in [-0.39, 0.29) is 31.0 Å². The second-order valence-electron chi connectivity index (χ2n) is 14.1. The lowest BCUT2D eigenvalue weighted by Crippen LogP contribution is -2.12. The zero-order valence-electron chi connectivity index (χ0n) is 34.1. The summed E-state index contributed by atoms with van der Waals surface area (Å²) in [7, 11) is 0. The lowest BCUT2D eigenvalue weighted by Gasteiger charge is -2.25. The van der Waals surface area contributed by atoms with Gasteiger partial charge in [-0.05, 0) is 134 Å². The molecule has 2 aromatic rings. The van der Waals surface area contributed by atoms with Gasteiger partial charge in [0.05, 0.1) is 0 Å². The summed E-state index contributed by atoms with van der Waals surface area (Å²) >= 11 is 5.08. The zero-order valence-corrected chi connectivity index (χ0v) is 34.8. The van der Waals surface area contributed by atoms with Crippen LogP contribution in [0.1, 0.15) is 160 Å². The van der Waals surface area contributed by atoms with Crippen molar-refractivity contribution in [1.29, 1.82) is 0 Å². The van der Waals surface area contributed by atoms with E-state index in [0.717, 1.165) is 67.6 Å². The highest BCUT2D eigenvalue weighted by Gasteiger charge is 2.24. The number of alkyl halides is 1. The quantitative estimate of drug-likeness (QED) is 0.0601. The van der Waals surface area contributed by atoms with Gasteiger partial charge < -0.3 is 33.9 Å². The molecule has 0 fully saturated rings. The minimum atomic E-state index is 0.161. The smallest absolute Gasteiger partial charge is 0.189 e. The van der Waals surface area contributed by atoms with Gasteiger partial charge in [0.1, 0.15) is 29.1 Å². The molecule has 2 N–H and O–H groups in total. The third-order valence-electron chi connectivity index (χ3n) is 9.67. The third kappa shape index (κ3) is 17.5. The van der Waals surface area contributed by atoms with E-state index >= 15 is 0 Å². The van der Waals surface area contributed by atoms with Crippen LogP contribution in [0.15, 0.2) is 47.6 Å². The van der Waals surface area contributed by atoms with Gasteiger partial charge in [0.15, 0.2) is 13.6 Å². The van der Waals surface area contributed by atoms with E-state index in [9.17, 15) is 10.2 Å². The average Bonchev–Trinajstić information content (AvgIpc) is 3.13. The molecule has 0 heterocycles. The van der Waals surface area contributed by atoms with Gasteiger partial charge in [0.2, 0.25) is 0 Å². The second-order valence-corrected chi connectivity index (χ2v) is 14.3. The number of phenols is 2. The molecule has 4 rings (SSSR count). The van der Waals surface area contributed by atoms with Crippen LogP contribution in [0, 0.1) is 0 Å². The van der Waals surface area contributed by atoms with Crippen molar-refractivity contribution in [3.8, 4) is 23.0 Å². The molecule has 0 aliphatic heterocycles. The number of phenolic OH excluding ortho intramolecular Hbond substituents is 2. The summed E-state index contributed by atoms with van der Waals surface area (Å²) in [4.78, 5) is 0. The Labute approximate surface area is 327 Å². The number of aromatic hydroxyl groups is 2. The summed E-state index contributed by atoms with van der Waals surface area (Å²) in [5.41, 5.74) is 6.93. The maximum Gasteiger partial charge on any atom is 0.189 e. The van der Waals surface area contributed by atoms with E-state index in [0.29, 0.717) is 37.4 Å². The Hall–Kier alpha value is -2.71. The number of rotatable bonds is 20. The summed E-state index contributed by atoms with van der Waals surface area (Å²) in [6.07, 6.45) is 20.4. The zero-order chi connectivity index (χ0) is 38.8. The number of halogens is 1. The van der Waals surface area contributed by atoms with Crippen molar-refractivity contribution in [3.05, 3.63) is 69.8 Å². The molecule has 2 unspecified atom stereocenters. The second kappa shape index (κ2) is 27.8. The van der Waals surface area contributed by atoms with E-state index in [4.69, 9.17) is 30.5 Å². The molecule has 0 amide bonds. The van der Waals surface area contributed by atoms with E-state index < -0.39 is 0 Å². The van der Waals surface area contributed by atoms with Crippen molar-refractivity contribution < 1.29 is 33.9 Å². The SMILES string of the molecule is CCCCCc1cc(O)c(C2C=C(C)CCC2)c(O)c1.CCCCCc1cc(OCOCC)c(C2C=C(C)CCC2)c(OCOCC)c1.CCOCCl. The monoisotopic (exact) mass is 758 g/mol. The summed E-state index contributed by atoms with van der Waals surface area (Å²) in [5.74, 6) is 2.77. The number of ether oxygens (including phenoxy) is 5. The molecule has 0 radical (unpaired) electrons. The molecule has 0 spiro atoms. The molecule has 0 aromatic heterocycles. The molecule has 2 atom stereocenters. The van der Waals surface area contributed by atoms with Crippen molar-refractivity contribution in [1.82, 2.24) is 0 Å². The van der Waals surface area contributed by atoms with E-state index in [1.807, 2.05) is 32.9 Å². The molecule has 53 heavy (non-hydrogen) atoms. The number of allylic oxidation sites excluding steroid dienone is 4. The Morgan fingerprint density at radius 3 is 1.42 bits per heavy atom. The predicted molar refractivity (Wildman–Crippen MR) is 220 cm³/mol. The first-order valence-corrected chi connectivity index (χ1v) is 20.9. The van der Waals surface area contributed by atoms with Crippen LogP contribution in [0.2, 0.25) is 0 Å². The Morgan fingerprint density at radius 2 is 1.04 bits per heavy atom. The highest BCUT2D eigenvalue weighted by Crippen LogP contribution is 2.43. The topological polar surface area (TPSA) is 86.6 Å². The first kappa shape index (κ1) is 46.4. The van der Waals surface area contributed by atoms with Crippen LogP contribution < -0.4 is 9.47 Å². The highest BCUT2D eigenvalue weighted by molar-refractivity contribution is 6.17. The van der Waals surface area contributed by atoms with Crippen LogP contribution in [0.25, 0.3) is 0 Å². The van der Waals surface area contributed by atoms with Crippen molar-refractivity contribution in [2.75, 3.05) is 39.5 Å². The lowest BCUT2D eigenvalue weighted by atomic mass is 9.84. The molecule has 2 aromatic carbocycles. The first-order valence-electron chi connectivity index (χ1n) is 20.3. The predicted octanol–water partition coefficient (Wildman–Crippen LogP) is 12.6. The molecule has 8 heteroatoms. The average molecular weight is 760 g/mol. The summed E-state index contributed by atoms with van der Waals surface area (Å²) in [6, 6.07) is 8.37. The van der Waals surface area contributed by atoms with Gasteiger partial charge in [-0.25, -0.2) is 0 Å². The van der Waals surface area contributed by atoms with Crippen LogP contribution >= 0.6 is 11.6 Å². The Kier molecular flexibility index (Phi) is 24.4. The molecule has 2 aliphatic carbocycles. The molecule has 7 nitrogen and oxygen atoms in total. The Bertz CT molecular complexity index is 1300. The fraction of sp³-hybridized carbons (Fsp3) is 0.644. The highest BCUT2D eigenvalue weighted by atomic mass is 35.5. The van der Waals surface area contributed by atoms with Crippen LogP contribution in [-0.4, -0.2) is 49.7 Å². The normalized spacial score (nSPS) is 16.8. The van der Waals surface area contributed by atoms with Gasteiger partial charge in [0, 0.05) is 42.8 Å². The summed E-state index contributed by atoms with van der Waals surface area (Å²) in [5, 5.41) is 20.6. The van der Waals surface area contributed by atoms with Crippen LogP contribution in [0.4, 0.5) is 0 Å². The van der Waals surface area contributed by atoms with Gasteiger partial charge in [-0.15, -0.1) is 0 Å². The van der Waals surface area contributed by atoms with Gasteiger partial charge >= 0.3 is 0 Å². The number of hydrogen-bond donors (Lipinski definition) is 2. The number of hydrogen-bond acceptors (Lipinski definition) is 7. The summed E-state index contributed by atoms with van der Waals surface area (Å²) < 4.78 is 27.7. The van der Waals surface area contributed by atoms with Crippen molar-refractivity contribution in [2.45, 2.75) is 150 Å². The maximum atomic E-state index is 10.3. The Morgan fingerprint density at radius 1 is 0.604 bits per heavy atom. The molecular formula is C45H71ClO7. The van der Waals surface area contributed by atoms with Gasteiger partial charge in [-0.2, -0.15) is 0 Å². The molecule has 2 aliphatic rings. The van der Waals surface area contributed by atoms with Crippen LogP contribution in [0.5, 0.6) is 23.0 Å². The molecule has 300 valence electrons. The minimum Gasteiger partial charge on any atom is -0.507 e. The van der Waals surface area contributed by atoms with E-state index in [1.165, 1.54) is 61.7 Å². The van der Waals surface area contributed by atoms with E-state index in [2.05, 4.69) is 56.7 Å². The van der Waals surface area contributed by atoms with Crippen molar-refractivity contribution in [3.63, 3.8) is 0 Å². The van der Waals surface area contributed by atoms with Crippen LogP contribution in [0.3, 0.4) is 0 Å². The van der Waals surface area contributed by atoms with Crippen molar-refractivity contribution in [2.24, 2.45) is 0 Å². The molecule has 0 saturated heterocycles. The number of unbranched alkanes of at least 4 members (excludes halogenated alkanes) is 4. The number of benzene rings is 2. The minimum absolute atomic E-state index is 0.161. The van der Waals surface area contributed by atoms with Gasteiger partial charge in [-0.3, -0.25) is 0 Å². The standard InChI is InChI=1S/C24H38O4.C18H26O2.C3H7ClO/c1-5-8-9-12-20-15-22(27-17-25-6-2)24(21-13-10-11-19(4)14-21)23(16-20)28-18-26-7-3;1-3-4-5-8-14-11-16(19)18(17(20)12-14)15-9-6-7-13(2)10-15;1-2-5-3-4/h14-16,21H,5-13,17-18H2,1-4H3;10-12,15,19-20H,3-9H2,1-2H3;2-3H2,1H3. The molecule has 0 saturated carbocycles. The van der Waals surface area contributed by atoms with Crippen LogP contribution in [-0.2, 0) is 27.1 Å². The summed E-state index contributed by atoms with van der Waals surface area (Å²) in [6.45, 7) is 17.1. The number of aryl methyl sites for hydroxylation is 2. The third-order valence-corrected chi connectivity index (χ3v) is 9.82. The molecular weight excluding hydrogens is 688 g/mol. The van der Waals surface area contributed by atoms with Gasteiger partial charge in [-0.1, -0.05) is 74.4 Å².